The van der Waals surface area contributed by atoms with Crippen LogP contribution < -0.4 is 0 Å². The van der Waals surface area contributed by atoms with Gasteiger partial charge in [0.25, 0.3) is 11.8 Å². The fourth-order valence-corrected chi connectivity index (χ4v) is 1.60. The van der Waals surface area contributed by atoms with Crippen molar-refractivity contribution >= 4 is 17.8 Å². The van der Waals surface area contributed by atoms with Gasteiger partial charge < -0.3 is 14.9 Å². The number of carboxylic acid groups (broad SMARTS) is 1. The number of benzene rings is 1. The maximum Gasteiger partial charge on any atom is 0.305 e. The van der Waals surface area contributed by atoms with Crippen molar-refractivity contribution in [2.45, 2.75) is 6.42 Å². The molecule has 6 heteroatoms. The van der Waals surface area contributed by atoms with E-state index in [2.05, 4.69) is 0 Å². The molecule has 0 bridgehead atoms. The van der Waals surface area contributed by atoms with E-state index in [4.69, 9.17) is 5.11 Å². The van der Waals surface area contributed by atoms with Gasteiger partial charge in [0.05, 0.1) is 6.42 Å². The number of amides is 2. The molecule has 0 radical (unpaired) electrons. The van der Waals surface area contributed by atoms with E-state index in [1.165, 1.54) is 9.80 Å². The van der Waals surface area contributed by atoms with E-state index >= 15 is 0 Å². The van der Waals surface area contributed by atoms with E-state index < -0.39 is 5.97 Å². The van der Waals surface area contributed by atoms with Gasteiger partial charge in [-0.15, -0.1) is 0 Å². The van der Waals surface area contributed by atoms with Gasteiger partial charge in [0.1, 0.15) is 0 Å². The molecule has 0 aliphatic carbocycles. The zero-order valence-electron chi connectivity index (χ0n) is 11.8. The fourth-order valence-electron chi connectivity index (χ4n) is 1.60. The third-order valence-electron chi connectivity index (χ3n) is 2.79. The normalized spacial score (nSPS) is 9.95. The summed E-state index contributed by atoms with van der Waals surface area (Å²) in [5.41, 5.74) is 0.924. The van der Waals surface area contributed by atoms with Crippen LogP contribution in [0.4, 0.5) is 0 Å². The van der Waals surface area contributed by atoms with Crippen molar-refractivity contribution in [1.29, 1.82) is 0 Å². The molecule has 108 valence electrons. The lowest BCUT2D eigenvalue weighted by atomic mass is 10.1. The Balaban J connectivity index is 2.75. The molecule has 0 fully saturated rings. The molecule has 0 saturated heterocycles. The van der Waals surface area contributed by atoms with Crippen LogP contribution in [0.15, 0.2) is 24.3 Å². The van der Waals surface area contributed by atoms with Gasteiger partial charge in [0.2, 0.25) is 0 Å². The highest BCUT2D eigenvalue weighted by atomic mass is 16.4. The lowest BCUT2D eigenvalue weighted by molar-refractivity contribution is -0.137. The van der Waals surface area contributed by atoms with Gasteiger partial charge in [-0.3, -0.25) is 14.4 Å². The number of rotatable bonds is 5. The number of carbonyl (C=O) groups is 3. The zero-order chi connectivity index (χ0) is 15.3. The number of carboxylic acids is 1. The minimum absolute atomic E-state index is 0.0978. The Kier molecular flexibility index (Phi) is 5.25. The minimum atomic E-state index is -0.948. The van der Waals surface area contributed by atoms with E-state index in [1.807, 2.05) is 0 Å². The molecule has 0 aliphatic heterocycles. The lowest BCUT2D eigenvalue weighted by Crippen LogP contribution is -2.29. The summed E-state index contributed by atoms with van der Waals surface area (Å²) < 4.78 is 0. The SMILES string of the molecule is CN(C)C(=O)c1ccc(C(=O)N(C)CCC(=O)O)cc1. The van der Waals surface area contributed by atoms with Crippen LogP contribution in [0.25, 0.3) is 0 Å². The van der Waals surface area contributed by atoms with Crippen LogP contribution in [0.5, 0.6) is 0 Å². The van der Waals surface area contributed by atoms with Gasteiger partial charge in [-0.2, -0.15) is 0 Å². The Morgan fingerprint density at radius 1 is 0.950 bits per heavy atom. The Labute approximate surface area is 117 Å². The number of hydrogen-bond acceptors (Lipinski definition) is 3. The molecule has 0 spiro atoms. The number of nitrogens with zero attached hydrogens (tertiary/aromatic N) is 2. The predicted octanol–water partition coefficient (Wildman–Crippen LogP) is 0.935. The quantitative estimate of drug-likeness (QED) is 0.869. The summed E-state index contributed by atoms with van der Waals surface area (Å²) >= 11 is 0. The molecular formula is C14H18N2O4. The molecule has 1 N–H and O–H groups in total. The molecule has 20 heavy (non-hydrogen) atoms. The van der Waals surface area contributed by atoms with Gasteiger partial charge in [-0.25, -0.2) is 0 Å². The van der Waals surface area contributed by atoms with Crippen molar-refractivity contribution in [3.05, 3.63) is 35.4 Å². The van der Waals surface area contributed by atoms with Gasteiger partial charge in [-0.1, -0.05) is 0 Å². The van der Waals surface area contributed by atoms with Crippen LogP contribution in [0.2, 0.25) is 0 Å². The van der Waals surface area contributed by atoms with E-state index in [0.29, 0.717) is 11.1 Å². The van der Waals surface area contributed by atoms with E-state index in [-0.39, 0.29) is 24.8 Å². The summed E-state index contributed by atoms with van der Waals surface area (Å²) in [6, 6.07) is 6.30. The predicted molar refractivity (Wildman–Crippen MR) is 73.7 cm³/mol. The second-order valence-corrected chi connectivity index (χ2v) is 4.65. The fraction of sp³-hybridized carbons (Fsp3) is 0.357. The van der Waals surface area contributed by atoms with E-state index in [1.54, 1.807) is 45.4 Å². The van der Waals surface area contributed by atoms with Crippen LogP contribution in [0.1, 0.15) is 27.1 Å². The number of aliphatic carboxylic acids is 1. The number of carbonyl (C=O) groups excluding carboxylic acids is 2. The molecule has 0 atom stereocenters. The van der Waals surface area contributed by atoms with Crippen molar-refractivity contribution in [2.24, 2.45) is 0 Å². The van der Waals surface area contributed by atoms with Crippen LogP contribution in [-0.2, 0) is 4.79 Å². The first kappa shape index (κ1) is 15.7. The maximum absolute atomic E-state index is 12.0. The van der Waals surface area contributed by atoms with Crippen LogP contribution in [0.3, 0.4) is 0 Å². The molecule has 2 amide bonds. The van der Waals surface area contributed by atoms with Crippen molar-refractivity contribution in [3.63, 3.8) is 0 Å². The van der Waals surface area contributed by atoms with E-state index in [9.17, 15) is 14.4 Å². The molecule has 6 nitrogen and oxygen atoms in total. The molecule has 1 aromatic rings. The Morgan fingerprint density at radius 2 is 1.40 bits per heavy atom. The Morgan fingerprint density at radius 3 is 1.80 bits per heavy atom. The standard InChI is InChI=1S/C14H18N2O4/c1-15(2)13(19)10-4-6-11(7-5-10)14(20)16(3)9-8-12(17)18/h4-7H,8-9H2,1-3H3,(H,17,18). The van der Waals surface area contributed by atoms with Gasteiger partial charge in [0.15, 0.2) is 0 Å². The Hall–Kier alpha value is -2.37. The smallest absolute Gasteiger partial charge is 0.305 e. The Bertz CT molecular complexity index is 508. The maximum atomic E-state index is 12.0. The third-order valence-corrected chi connectivity index (χ3v) is 2.79. The lowest BCUT2D eigenvalue weighted by Gasteiger charge is -2.16. The largest absolute Gasteiger partial charge is 0.481 e. The van der Waals surface area contributed by atoms with Crippen LogP contribution in [0, 0.1) is 0 Å². The van der Waals surface area contributed by atoms with E-state index in [0.717, 1.165) is 0 Å². The highest BCUT2D eigenvalue weighted by Gasteiger charge is 2.14. The second kappa shape index (κ2) is 6.70. The summed E-state index contributed by atoms with van der Waals surface area (Å²) in [6.07, 6.45) is -0.0978. The average Bonchev–Trinajstić information content (AvgIpc) is 2.43. The topological polar surface area (TPSA) is 77.9 Å². The molecule has 0 unspecified atom stereocenters. The number of hydrogen-bond donors (Lipinski definition) is 1. The zero-order valence-corrected chi connectivity index (χ0v) is 11.8. The molecule has 0 aromatic heterocycles. The molecule has 0 heterocycles. The average molecular weight is 278 g/mol. The molecule has 0 aliphatic rings. The van der Waals surface area contributed by atoms with Gasteiger partial charge >= 0.3 is 5.97 Å². The summed E-state index contributed by atoms with van der Waals surface area (Å²) in [6.45, 7) is 0.145. The molecule has 1 rings (SSSR count). The first-order valence-electron chi connectivity index (χ1n) is 6.12. The van der Waals surface area contributed by atoms with Crippen LogP contribution in [-0.4, -0.2) is 60.4 Å². The highest BCUT2D eigenvalue weighted by Crippen LogP contribution is 2.09. The van der Waals surface area contributed by atoms with Gasteiger partial charge in [-0.05, 0) is 24.3 Å². The minimum Gasteiger partial charge on any atom is -0.481 e. The highest BCUT2D eigenvalue weighted by molar-refractivity contribution is 5.97. The summed E-state index contributed by atoms with van der Waals surface area (Å²) in [4.78, 5) is 37.0. The van der Waals surface area contributed by atoms with Crippen molar-refractivity contribution in [2.75, 3.05) is 27.7 Å². The summed E-state index contributed by atoms with van der Waals surface area (Å²) in [5.74, 6) is -1.35. The van der Waals surface area contributed by atoms with Crippen LogP contribution >= 0.6 is 0 Å². The second-order valence-electron chi connectivity index (χ2n) is 4.65. The molecule has 1 aromatic carbocycles. The molecule has 0 saturated carbocycles. The van der Waals surface area contributed by atoms with Crippen molar-refractivity contribution in [3.8, 4) is 0 Å². The first-order valence-corrected chi connectivity index (χ1v) is 6.12. The van der Waals surface area contributed by atoms with Crippen molar-refractivity contribution in [1.82, 2.24) is 9.80 Å². The van der Waals surface area contributed by atoms with Crippen molar-refractivity contribution < 1.29 is 19.5 Å². The first-order chi connectivity index (χ1) is 9.32. The third kappa shape index (κ3) is 4.08. The summed E-state index contributed by atoms with van der Waals surface area (Å²) in [7, 11) is 4.85. The molecular weight excluding hydrogens is 260 g/mol. The van der Waals surface area contributed by atoms with Gasteiger partial charge in [0, 0.05) is 38.8 Å². The summed E-state index contributed by atoms with van der Waals surface area (Å²) in [5, 5.41) is 8.58. The monoisotopic (exact) mass is 278 g/mol.